The Balaban J connectivity index is 0.000000247. The van der Waals surface area contributed by atoms with E-state index < -0.39 is 0 Å². The third-order valence-electron chi connectivity index (χ3n) is 1.51. The minimum Gasteiger partial charge on any atom is -0.508 e. The number of para-hydroxylation sites is 2. The van der Waals surface area contributed by atoms with Crippen LogP contribution in [0.3, 0.4) is 0 Å². The lowest BCUT2D eigenvalue weighted by Gasteiger charge is -1.82. The lowest BCUT2D eigenvalue weighted by atomic mass is 10.3. The standard InChI is InChI=1S/2C6H6O.C2H6Si/c2*7-6-4-2-1-3-5-6;1-2-3/h2*1-5,7H;2H,1H2,3H3. The summed E-state index contributed by atoms with van der Waals surface area (Å²) in [5, 5.41) is 17.3. The second kappa shape index (κ2) is 10.5. The first-order valence-corrected chi connectivity index (χ1v) is 6.41. The van der Waals surface area contributed by atoms with Crippen LogP contribution in [-0.2, 0) is 0 Å². The van der Waals surface area contributed by atoms with E-state index in [0.717, 1.165) is 10.2 Å². The van der Waals surface area contributed by atoms with Crippen molar-refractivity contribution in [3.8, 4) is 11.5 Å². The van der Waals surface area contributed by atoms with Gasteiger partial charge in [-0.1, -0.05) is 36.4 Å². The van der Waals surface area contributed by atoms with Crippen molar-refractivity contribution in [1.29, 1.82) is 0 Å². The van der Waals surface area contributed by atoms with Crippen LogP contribution in [0.5, 0.6) is 11.5 Å². The largest absolute Gasteiger partial charge is 0.508 e. The molecule has 3 heteroatoms. The van der Waals surface area contributed by atoms with Crippen LogP contribution >= 0.6 is 0 Å². The molecule has 0 bridgehead atoms. The molecule has 0 atom stereocenters. The molecule has 0 spiro atoms. The highest BCUT2D eigenvalue weighted by Crippen LogP contribution is 2.03. The quantitative estimate of drug-likeness (QED) is 0.700. The molecule has 0 unspecified atom stereocenters. The van der Waals surface area contributed by atoms with Crippen LogP contribution < -0.4 is 0 Å². The first-order chi connectivity index (χ1) is 8.20. The predicted octanol–water partition coefficient (Wildman–Crippen LogP) is 2.28. The second-order valence-corrected chi connectivity index (χ2v) is 3.90. The smallest absolute Gasteiger partial charge is 0.115 e. The van der Waals surface area contributed by atoms with Crippen molar-refractivity contribution in [1.82, 2.24) is 0 Å². The van der Waals surface area contributed by atoms with E-state index >= 15 is 0 Å². The Labute approximate surface area is 105 Å². The van der Waals surface area contributed by atoms with Crippen LogP contribution in [0.15, 0.2) is 72.9 Å². The molecular formula is C14H18O2Si. The summed E-state index contributed by atoms with van der Waals surface area (Å²) in [4.78, 5) is 0. The molecule has 0 heterocycles. The number of hydrogen-bond acceptors (Lipinski definition) is 2. The highest BCUT2D eigenvalue weighted by Gasteiger charge is 1.75. The van der Waals surface area contributed by atoms with Gasteiger partial charge in [-0.25, -0.2) is 0 Å². The normalized spacial score (nSPS) is 8.00. The summed E-state index contributed by atoms with van der Waals surface area (Å²) in [7, 11) is 1.13. The van der Waals surface area contributed by atoms with Gasteiger partial charge in [0.15, 0.2) is 0 Å². The summed E-state index contributed by atoms with van der Waals surface area (Å²) in [5.74, 6) is 0.644. The van der Waals surface area contributed by atoms with Crippen molar-refractivity contribution < 1.29 is 10.2 Å². The summed E-state index contributed by atoms with van der Waals surface area (Å²) in [5.41, 5.74) is 1.89. The zero-order chi connectivity index (χ0) is 12.9. The Morgan fingerprint density at radius 1 is 0.765 bits per heavy atom. The number of phenolic OH excluding ortho intramolecular Hbond substituents is 2. The molecule has 0 radical (unpaired) electrons. The van der Waals surface area contributed by atoms with Crippen molar-refractivity contribution in [3.63, 3.8) is 0 Å². The summed E-state index contributed by atoms with van der Waals surface area (Å²) in [6, 6.07) is 17.4. The molecule has 0 amide bonds. The Morgan fingerprint density at radius 2 is 1.00 bits per heavy atom. The van der Waals surface area contributed by atoms with Crippen molar-refractivity contribution >= 4 is 10.2 Å². The molecule has 2 aromatic rings. The van der Waals surface area contributed by atoms with E-state index in [1.54, 1.807) is 48.5 Å². The van der Waals surface area contributed by atoms with Gasteiger partial charge in [-0.2, -0.15) is 0 Å². The minimum atomic E-state index is 0.322. The van der Waals surface area contributed by atoms with E-state index in [2.05, 4.69) is 6.58 Å². The lowest BCUT2D eigenvalue weighted by Crippen LogP contribution is -1.56. The van der Waals surface area contributed by atoms with Crippen LogP contribution in [0, 0.1) is 0 Å². The highest BCUT2D eigenvalue weighted by molar-refractivity contribution is 6.16. The summed E-state index contributed by atoms with van der Waals surface area (Å²) >= 11 is 0. The molecule has 0 saturated carbocycles. The van der Waals surface area contributed by atoms with Gasteiger partial charge in [0.05, 0.1) is 0 Å². The fourth-order valence-electron chi connectivity index (χ4n) is 0.856. The molecule has 2 nitrogen and oxygen atoms in total. The third kappa shape index (κ3) is 10.3. The molecule has 0 saturated heterocycles. The van der Waals surface area contributed by atoms with Gasteiger partial charge in [0, 0.05) is 10.2 Å². The van der Waals surface area contributed by atoms with E-state index in [9.17, 15) is 0 Å². The molecule has 2 rings (SSSR count). The van der Waals surface area contributed by atoms with Crippen molar-refractivity contribution in [2.24, 2.45) is 0 Å². The molecule has 0 aliphatic heterocycles. The van der Waals surface area contributed by atoms with Gasteiger partial charge in [0.25, 0.3) is 0 Å². The third-order valence-corrected chi connectivity index (χ3v) is 1.51. The maximum absolute atomic E-state index is 8.63. The number of aromatic hydroxyl groups is 2. The van der Waals surface area contributed by atoms with Gasteiger partial charge < -0.3 is 10.2 Å². The van der Waals surface area contributed by atoms with Crippen molar-refractivity contribution in [3.05, 3.63) is 72.9 Å². The average molecular weight is 246 g/mol. The maximum Gasteiger partial charge on any atom is 0.115 e. The molecule has 0 aliphatic carbocycles. The van der Waals surface area contributed by atoms with Crippen LogP contribution in [-0.4, -0.2) is 20.5 Å². The summed E-state index contributed by atoms with van der Waals surface area (Å²) in [6.45, 7) is 3.42. The lowest BCUT2D eigenvalue weighted by molar-refractivity contribution is 0.475. The fraction of sp³-hybridized carbons (Fsp3) is 0. The molecule has 2 aromatic carbocycles. The van der Waals surface area contributed by atoms with Gasteiger partial charge in [-0.3, -0.25) is 0 Å². The minimum absolute atomic E-state index is 0.322. The molecule has 0 fully saturated rings. The maximum atomic E-state index is 8.63. The van der Waals surface area contributed by atoms with Gasteiger partial charge >= 0.3 is 0 Å². The van der Waals surface area contributed by atoms with Crippen LogP contribution in [0.4, 0.5) is 0 Å². The SMILES string of the molecule is C=C[SiH3].Oc1ccccc1.Oc1ccccc1. The molecule has 90 valence electrons. The van der Waals surface area contributed by atoms with Crippen LogP contribution in [0.2, 0.25) is 0 Å². The fourth-order valence-corrected chi connectivity index (χ4v) is 0.856. The number of rotatable bonds is 0. The van der Waals surface area contributed by atoms with Crippen molar-refractivity contribution in [2.75, 3.05) is 0 Å². The van der Waals surface area contributed by atoms with Crippen LogP contribution in [0.1, 0.15) is 0 Å². The Morgan fingerprint density at radius 3 is 1.12 bits per heavy atom. The highest BCUT2D eigenvalue weighted by atomic mass is 28.1. The Kier molecular flexibility index (Phi) is 9.27. The van der Waals surface area contributed by atoms with Crippen LogP contribution in [0.25, 0.3) is 0 Å². The van der Waals surface area contributed by atoms with Gasteiger partial charge in [-0.15, -0.1) is 12.3 Å². The van der Waals surface area contributed by atoms with E-state index in [-0.39, 0.29) is 0 Å². The predicted molar refractivity (Wildman–Crippen MR) is 76.3 cm³/mol. The zero-order valence-corrected chi connectivity index (χ0v) is 12.0. The summed E-state index contributed by atoms with van der Waals surface area (Å²) in [6.07, 6.45) is 0. The van der Waals surface area contributed by atoms with E-state index in [4.69, 9.17) is 10.2 Å². The average Bonchev–Trinajstić information content (AvgIpc) is 2.33. The van der Waals surface area contributed by atoms with Crippen molar-refractivity contribution in [2.45, 2.75) is 0 Å². The molecular weight excluding hydrogens is 228 g/mol. The van der Waals surface area contributed by atoms with E-state index in [0.29, 0.717) is 11.5 Å². The van der Waals surface area contributed by atoms with Gasteiger partial charge in [0.1, 0.15) is 11.5 Å². The molecule has 2 N–H and O–H groups in total. The second-order valence-electron chi connectivity index (χ2n) is 3.08. The molecule has 0 aromatic heterocycles. The Bertz CT molecular complexity index is 350. The number of phenols is 2. The van der Waals surface area contributed by atoms with E-state index in [1.165, 1.54) is 0 Å². The molecule has 17 heavy (non-hydrogen) atoms. The van der Waals surface area contributed by atoms with Gasteiger partial charge in [-0.05, 0) is 24.3 Å². The summed E-state index contributed by atoms with van der Waals surface area (Å²) < 4.78 is 0. The topological polar surface area (TPSA) is 40.5 Å². The number of benzene rings is 2. The number of hydrogen-bond donors (Lipinski definition) is 2. The zero-order valence-electron chi connectivity index (χ0n) is 9.95. The van der Waals surface area contributed by atoms with E-state index in [1.807, 2.05) is 17.8 Å². The first kappa shape index (κ1) is 15.0. The first-order valence-electron chi connectivity index (χ1n) is 5.25. The Hall–Kier alpha value is -2.00. The van der Waals surface area contributed by atoms with Gasteiger partial charge in [0.2, 0.25) is 0 Å². The monoisotopic (exact) mass is 246 g/mol. The molecule has 0 aliphatic rings.